The number of nitrogens with one attached hydrogen (secondary N) is 2. The second kappa shape index (κ2) is 11.0. The largest absolute Gasteiger partial charge is 0.457 e. The number of aromatic nitrogens is 1. The second-order valence-corrected chi connectivity index (χ2v) is 10.0. The maximum Gasteiger partial charge on any atom is 0.250 e. The zero-order valence-electron chi connectivity index (χ0n) is 20.7. The molecule has 0 radical (unpaired) electrons. The molecule has 0 saturated carbocycles. The molecule has 6 aromatic rings. The van der Waals surface area contributed by atoms with Crippen LogP contribution in [0.2, 0.25) is 10.0 Å². The molecule has 4 aromatic carbocycles. The first-order valence-corrected chi connectivity index (χ1v) is 13.3. The number of carbonyl (C=O) groups is 1. The topological polar surface area (TPSA) is 80.3 Å². The van der Waals surface area contributed by atoms with E-state index in [4.69, 9.17) is 44.3 Å². The van der Waals surface area contributed by atoms with Gasteiger partial charge in [-0.2, -0.15) is 0 Å². The number of hydrogen-bond acceptors (Lipinski definition) is 5. The van der Waals surface area contributed by atoms with Crippen molar-refractivity contribution in [2.75, 3.05) is 5.32 Å². The molecule has 196 valence electrons. The van der Waals surface area contributed by atoms with E-state index in [9.17, 15) is 4.79 Å². The molecule has 6 nitrogen and oxygen atoms in total. The Hall–Kier alpha value is -4.43. The van der Waals surface area contributed by atoms with Crippen molar-refractivity contribution in [3.8, 4) is 22.8 Å². The fraction of sp³-hybridized carbons (Fsp3) is 0. The number of fused-ring (bicyclic) bond motifs is 2. The van der Waals surface area contributed by atoms with E-state index in [1.807, 2.05) is 36.4 Å². The smallest absolute Gasteiger partial charge is 0.250 e. The molecule has 0 saturated heterocycles. The molecule has 0 bridgehead atoms. The molecule has 0 aliphatic heterocycles. The van der Waals surface area contributed by atoms with Gasteiger partial charge in [-0.3, -0.25) is 10.1 Å². The van der Waals surface area contributed by atoms with Crippen molar-refractivity contribution >= 4 is 80.1 Å². The maximum atomic E-state index is 12.4. The number of oxazole rings is 1. The molecule has 6 rings (SSSR count). The Balaban J connectivity index is 1.10. The molecule has 2 N–H and O–H groups in total. The SMILES string of the molecule is O=C(C=Cc1ccc(-c2cccc(Cl)c2Cl)o1)NC(=S)Nc1ccc2oc(-c3ccc4ccccc4c3)nc2c1. The van der Waals surface area contributed by atoms with Crippen LogP contribution in [0.3, 0.4) is 0 Å². The first-order valence-electron chi connectivity index (χ1n) is 12.2. The Morgan fingerprint density at radius 1 is 0.875 bits per heavy atom. The molecule has 0 aliphatic rings. The van der Waals surface area contributed by atoms with Gasteiger partial charge in [0.25, 0.3) is 0 Å². The highest BCUT2D eigenvalue weighted by Crippen LogP contribution is 2.34. The van der Waals surface area contributed by atoms with E-state index in [0.29, 0.717) is 49.8 Å². The summed E-state index contributed by atoms with van der Waals surface area (Å²) >= 11 is 17.7. The summed E-state index contributed by atoms with van der Waals surface area (Å²) in [6, 6.07) is 28.4. The highest BCUT2D eigenvalue weighted by molar-refractivity contribution is 7.80. The van der Waals surface area contributed by atoms with Crippen LogP contribution in [-0.2, 0) is 4.79 Å². The standard InChI is InChI=1S/C31H19Cl2N3O3S/c32-24-7-3-6-23(29(24)33)26-14-11-22(38-26)12-15-28(37)36-31(40)34-21-10-13-27-25(17-21)35-30(39-27)20-9-8-18-4-1-2-5-19(18)16-20/h1-17H,(H2,34,36,37,40). The summed E-state index contributed by atoms with van der Waals surface area (Å²) in [6.45, 7) is 0. The predicted octanol–water partition coefficient (Wildman–Crippen LogP) is 8.74. The number of halogens is 2. The van der Waals surface area contributed by atoms with Crippen LogP contribution in [-0.4, -0.2) is 16.0 Å². The lowest BCUT2D eigenvalue weighted by atomic mass is 10.1. The number of furan rings is 1. The summed E-state index contributed by atoms with van der Waals surface area (Å²) in [5.74, 6) is 1.12. The summed E-state index contributed by atoms with van der Waals surface area (Å²) in [4.78, 5) is 17.1. The van der Waals surface area contributed by atoms with Gasteiger partial charge in [0, 0.05) is 22.9 Å². The lowest BCUT2D eigenvalue weighted by Crippen LogP contribution is -2.32. The van der Waals surface area contributed by atoms with Crippen LogP contribution in [0.1, 0.15) is 5.76 Å². The first-order chi connectivity index (χ1) is 19.4. The van der Waals surface area contributed by atoms with Gasteiger partial charge < -0.3 is 14.2 Å². The number of benzene rings is 4. The third-order valence-corrected chi connectivity index (χ3v) is 7.14. The fourth-order valence-corrected chi connectivity index (χ4v) is 4.82. The minimum absolute atomic E-state index is 0.137. The molecule has 0 spiro atoms. The molecule has 0 atom stereocenters. The highest BCUT2D eigenvalue weighted by atomic mass is 35.5. The van der Waals surface area contributed by atoms with Crippen LogP contribution in [0.4, 0.5) is 5.69 Å². The molecule has 2 heterocycles. The van der Waals surface area contributed by atoms with Gasteiger partial charge >= 0.3 is 0 Å². The van der Waals surface area contributed by atoms with Crippen molar-refractivity contribution in [3.63, 3.8) is 0 Å². The van der Waals surface area contributed by atoms with Crippen molar-refractivity contribution in [1.82, 2.24) is 10.3 Å². The molecular weight excluding hydrogens is 565 g/mol. The van der Waals surface area contributed by atoms with E-state index < -0.39 is 5.91 Å². The van der Waals surface area contributed by atoms with Gasteiger partial charge in [-0.25, -0.2) is 4.98 Å². The second-order valence-electron chi connectivity index (χ2n) is 8.84. The quantitative estimate of drug-likeness (QED) is 0.156. The van der Waals surface area contributed by atoms with E-state index in [2.05, 4.69) is 27.8 Å². The van der Waals surface area contributed by atoms with Gasteiger partial charge in [0.05, 0.1) is 10.0 Å². The summed E-state index contributed by atoms with van der Waals surface area (Å²) in [6.07, 6.45) is 2.86. The monoisotopic (exact) mass is 583 g/mol. The highest BCUT2D eigenvalue weighted by Gasteiger charge is 2.12. The van der Waals surface area contributed by atoms with Crippen LogP contribution < -0.4 is 10.6 Å². The van der Waals surface area contributed by atoms with Crippen molar-refractivity contribution in [3.05, 3.63) is 113 Å². The molecule has 40 heavy (non-hydrogen) atoms. The molecule has 1 amide bonds. The van der Waals surface area contributed by atoms with Crippen LogP contribution in [0, 0.1) is 0 Å². The number of nitrogens with zero attached hydrogens (tertiary/aromatic N) is 1. The Bertz CT molecular complexity index is 1940. The molecule has 0 fully saturated rings. The number of thiocarbonyl (C=S) groups is 1. The minimum atomic E-state index is -0.419. The van der Waals surface area contributed by atoms with E-state index in [-0.39, 0.29) is 5.11 Å². The van der Waals surface area contributed by atoms with Crippen molar-refractivity contribution in [2.24, 2.45) is 0 Å². The van der Waals surface area contributed by atoms with Gasteiger partial charge in [-0.1, -0.05) is 59.6 Å². The molecular formula is C31H19Cl2N3O3S. The normalized spacial score (nSPS) is 11.3. The van der Waals surface area contributed by atoms with E-state index in [1.54, 1.807) is 42.5 Å². The fourth-order valence-electron chi connectivity index (χ4n) is 4.21. The average molecular weight is 584 g/mol. The summed E-state index contributed by atoms with van der Waals surface area (Å²) in [5, 5.41) is 8.85. The van der Waals surface area contributed by atoms with Crippen LogP contribution >= 0.6 is 35.4 Å². The van der Waals surface area contributed by atoms with Gasteiger partial charge in [0.2, 0.25) is 11.8 Å². The van der Waals surface area contributed by atoms with Crippen molar-refractivity contribution < 1.29 is 13.6 Å². The van der Waals surface area contributed by atoms with Gasteiger partial charge in [-0.05, 0) is 83.7 Å². The lowest BCUT2D eigenvalue weighted by Gasteiger charge is -2.07. The van der Waals surface area contributed by atoms with E-state index in [1.165, 1.54) is 12.2 Å². The maximum absolute atomic E-state index is 12.4. The van der Waals surface area contributed by atoms with Crippen LogP contribution in [0.25, 0.3) is 50.7 Å². The van der Waals surface area contributed by atoms with Crippen LogP contribution in [0.15, 0.2) is 106 Å². The lowest BCUT2D eigenvalue weighted by molar-refractivity contribution is -0.115. The zero-order chi connectivity index (χ0) is 27.6. The van der Waals surface area contributed by atoms with Crippen molar-refractivity contribution in [2.45, 2.75) is 0 Å². The number of amides is 1. The number of hydrogen-bond donors (Lipinski definition) is 2. The molecule has 0 unspecified atom stereocenters. The number of carbonyl (C=O) groups excluding carboxylic acids is 1. The predicted molar refractivity (Wildman–Crippen MR) is 165 cm³/mol. The van der Waals surface area contributed by atoms with Gasteiger partial charge in [0.15, 0.2) is 10.7 Å². The molecule has 9 heteroatoms. The third-order valence-electron chi connectivity index (χ3n) is 6.12. The number of rotatable bonds is 5. The average Bonchev–Trinajstić information content (AvgIpc) is 3.60. The Labute approximate surface area is 244 Å². The first kappa shape index (κ1) is 25.8. The Morgan fingerprint density at radius 2 is 1.73 bits per heavy atom. The summed E-state index contributed by atoms with van der Waals surface area (Å²) in [7, 11) is 0. The molecule has 0 aliphatic carbocycles. The third kappa shape index (κ3) is 5.49. The van der Waals surface area contributed by atoms with Gasteiger partial charge in [-0.15, -0.1) is 0 Å². The van der Waals surface area contributed by atoms with Crippen LogP contribution in [0.5, 0.6) is 0 Å². The number of anilines is 1. The molecule has 2 aromatic heterocycles. The van der Waals surface area contributed by atoms with E-state index in [0.717, 1.165) is 16.3 Å². The zero-order valence-corrected chi connectivity index (χ0v) is 23.0. The van der Waals surface area contributed by atoms with E-state index >= 15 is 0 Å². The Morgan fingerprint density at radius 3 is 2.60 bits per heavy atom. The van der Waals surface area contributed by atoms with Gasteiger partial charge in [0.1, 0.15) is 17.0 Å². The minimum Gasteiger partial charge on any atom is -0.457 e. The summed E-state index contributed by atoms with van der Waals surface area (Å²) in [5.41, 5.74) is 3.52. The Kier molecular flexibility index (Phi) is 7.09. The summed E-state index contributed by atoms with van der Waals surface area (Å²) < 4.78 is 11.7. The van der Waals surface area contributed by atoms with Crippen molar-refractivity contribution in [1.29, 1.82) is 0 Å².